The van der Waals surface area contributed by atoms with Crippen LogP contribution in [0.15, 0.2) is 18.2 Å². The van der Waals surface area contributed by atoms with E-state index in [1.165, 1.54) is 6.07 Å². The molecule has 4 heteroatoms. The van der Waals surface area contributed by atoms with E-state index in [0.717, 1.165) is 5.56 Å². The molecule has 0 bridgehead atoms. The summed E-state index contributed by atoms with van der Waals surface area (Å²) in [5, 5.41) is 0.353. The van der Waals surface area contributed by atoms with Crippen LogP contribution >= 0.6 is 11.6 Å². The first-order valence-electron chi connectivity index (χ1n) is 4.95. The van der Waals surface area contributed by atoms with E-state index in [2.05, 4.69) is 0 Å². The minimum atomic E-state index is -4.19. The molecule has 0 aromatic heterocycles. The van der Waals surface area contributed by atoms with E-state index in [9.17, 15) is 13.2 Å². The summed E-state index contributed by atoms with van der Waals surface area (Å²) in [6.07, 6.45) is -5.13. The monoisotopic (exact) mass is 250 g/mol. The van der Waals surface area contributed by atoms with Crippen molar-refractivity contribution in [3.8, 4) is 0 Å². The third-order valence-electron chi connectivity index (χ3n) is 2.23. The molecule has 1 aromatic rings. The van der Waals surface area contributed by atoms with Crippen LogP contribution in [-0.4, -0.2) is 6.18 Å². The first kappa shape index (κ1) is 13.4. The number of alkyl halides is 3. The van der Waals surface area contributed by atoms with Crippen LogP contribution in [0, 0.1) is 0 Å². The highest BCUT2D eigenvalue weighted by Crippen LogP contribution is 2.29. The normalized spacial score (nSPS) is 12.9. The van der Waals surface area contributed by atoms with Crippen LogP contribution in [0.4, 0.5) is 13.2 Å². The van der Waals surface area contributed by atoms with Gasteiger partial charge in [-0.05, 0) is 28.7 Å². The third-order valence-corrected chi connectivity index (χ3v) is 2.45. The Morgan fingerprint density at radius 3 is 2.06 bits per heavy atom. The predicted molar refractivity (Wildman–Crippen MR) is 59.9 cm³/mol. The SMILES string of the molecule is CC(C)(C)c1cc(Cl)cc(CC(F)(F)F)c1. The highest BCUT2D eigenvalue weighted by Gasteiger charge is 2.28. The standard InChI is InChI=1S/C12H14ClF3/c1-11(2,3)9-4-8(5-10(13)6-9)7-12(14,15)16/h4-6H,7H2,1-3H3. The molecular formula is C12H14ClF3. The van der Waals surface area contributed by atoms with Gasteiger partial charge >= 0.3 is 6.18 Å². The molecule has 0 aliphatic carbocycles. The van der Waals surface area contributed by atoms with Gasteiger partial charge in [-0.15, -0.1) is 0 Å². The van der Waals surface area contributed by atoms with Gasteiger partial charge in [-0.25, -0.2) is 0 Å². The van der Waals surface area contributed by atoms with Crippen molar-refractivity contribution in [3.63, 3.8) is 0 Å². The summed E-state index contributed by atoms with van der Waals surface area (Å²) in [6.45, 7) is 5.82. The molecule has 0 nitrogen and oxygen atoms in total. The fraction of sp³-hybridized carbons (Fsp3) is 0.500. The van der Waals surface area contributed by atoms with E-state index < -0.39 is 12.6 Å². The van der Waals surface area contributed by atoms with Gasteiger partial charge in [-0.3, -0.25) is 0 Å². The van der Waals surface area contributed by atoms with E-state index in [4.69, 9.17) is 11.6 Å². The van der Waals surface area contributed by atoms with Gasteiger partial charge in [0, 0.05) is 5.02 Å². The van der Waals surface area contributed by atoms with Crippen LogP contribution < -0.4 is 0 Å². The molecule has 0 heterocycles. The molecule has 0 saturated carbocycles. The molecule has 0 saturated heterocycles. The van der Waals surface area contributed by atoms with Gasteiger partial charge in [-0.2, -0.15) is 13.2 Å². The molecule has 0 N–H and O–H groups in total. The summed E-state index contributed by atoms with van der Waals surface area (Å²) in [6, 6.07) is 4.64. The lowest BCUT2D eigenvalue weighted by molar-refractivity contribution is -0.127. The van der Waals surface area contributed by atoms with Crippen molar-refractivity contribution in [2.75, 3.05) is 0 Å². The molecule has 0 atom stereocenters. The Labute approximate surface area is 98.4 Å². The Balaban J connectivity index is 3.09. The van der Waals surface area contributed by atoms with Gasteiger partial charge in [0.25, 0.3) is 0 Å². The summed E-state index contributed by atoms with van der Waals surface area (Å²) in [5.41, 5.74) is 0.829. The van der Waals surface area contributed by atoms with Crippen LogP contribution in [0.2, 0.25) is 5.02 Å². The Kier molecular flexibility index (Phi) is 3.58. The molecule has 0 radical (unpaired) electrons. The fourth-order valence-electron chi connectivity index (χ4n) is 1.42. The summed E-state index contributed by atoms with van der Waals surface area (Å²) >= 11 is 5.82. The van der Waals surface area contributed by atoms with Crippen molar-refractivity contribution >= 4 is 11.6 Å². The zero-order valence-corrected chi connectivity index (χ0v) is 10.2. The second-order valence-corrected chi connectivity index (χ2v) is 5.33. The Morgan fingerprint density at radius 2 is 1.62 bits per heavy atom. The molecule has 1 rings (SSSR count). The summed E-state index contributed by atoms with van der Waals surface area (Å²) < 4.78 is 36.8. The zero-order chi connectivity index (χ0) is 12.6. The van der Waals surface area contributed by atoms with Crippen LogP contribution in [-0.2, 0) is 11.8 Å². The molecule has 16 heavy (non-hydrogen) atoms. The van der Waals surface area contributed by atoms with Crippen molar-refractivity contribution in [2.45, 2.75) is 38.8 Å². The predicted octanol–water partition coefficient (Wildman–Crippen LogP) is 4.74. The molecule has 90 valence electrons. The lowest BCUT2D eigenvalue weighted by Gasteiger charge is -2.20. The minimum Gasteiger partial charge on any atom is -0.171 e. The quantitative estimate of drug-likeness (QED) is 0.675. The van der Waals surface area contributed by atoms with Crippen LogP contribution in [0.25, 0.3) is 0 Å². The van der Waals surface area contributed by atoms with E-state index >= 15 is 0 Å². The zero-order valence-electron chi connectivity index (χ0n) is 9.45. The first-order chi connectivity index (χ1) is 7.08. The van der Waals surface area contributed by atoms with Crippen molar-refractivity contribution in [1.29, 1.82) is 0 Å². The molecule has 1 aromatic carbocycles. The molecular weight excluding hydrogens is 237 g/mol. The highest BCUT2D eigenvalue weighted by atomic mass is 35.5. The van der Waals surface area contributed by atoms with Crippen LogP contribution in [0.5, 0.6) is 0 Å². The summed E-state index contributed by atoms with van der Waals surface area (Å²) in [7, 11) is 0. The molecule has 0 unspecified atom stereocenters. The summed E-state index contributed by atoms with van der Waals surface area (Å²) in [5.74, 6) is 0. The van der Waals surface area contributed by atoms with Crippen LogP contribution in [0.3, 0.4) is 0 Å². The first-order valence-corrected chi connectivity index (χ1v) is 5.32. The average molecular weight is 251 g/mol. The van der Waals surface area contributed by atoms with Crippen molar-refractivity contribution in [3.05, 3.63) is 34.3 Å². The van der Waals surface area contributed by atoms with Gasteiger partial charge in [0.05, 0.1) is 6.42 Å². The number of halogens is 4. The van der Waals surface area contributed by atoms with Crippen LogP contribution in [0.1, 0.15) is 31.9 Å². The maximum absolute atomic E-state index is 12.3. The van der Waals surface area contributed by atoms with E-state index in [0.29, 0.717) is 5.02 Å². The third kappa shape index (κ3) is 4.05. The van der Waals surface area contributed by atoms with E-state index in [1.807, 2.05) is 20.8 Å². The van der Waals surface area contributed by atoms with Gasteiger partial charge in [-0.1, -0.05) is 38.4 Å². The molecule has 0 aliphatic rings. The summed E-state index contributed by atoms with van der Waals surface area (Å²) in [4.78, 5) is 0. The van der Waals surface area contributed by atoms with Gasteiger partial charge in [0.2, 0.25) is 0 Å². The van der Waals surface area contributed by atoms with Crippen molar-refractivity contribution < 1.29 is 13.2 Å². The number of hydrogen-bond acceptors (Lipinski definition) is 0. The lowest BCUT2D eigenvalue weighted by atomic mass is 9.86. The second kappa shape index (κ2) is 4.28. The molecule has 0 spiro atoms. The maximum Gasteiger partial charge on any atom is 0.393 e. The van der Waals surface area contributed by atoms with E-state index in [1.54, 1.807) is 12.1 Å². The van der Waals surface area contributed by atoms with Crippen molar-refractivity contribution in [1.82, 2.24) is 0 Å². The molecule has 0 aliphatic heterocycles. The Hall–Kier alpha value is -0.700. The molecule has 0 fully saturated rings. The number of benzene rings is 1. The molecule has 0 amide bonds. The lowest BCUT2D eigenvalue weighted by Crippen LogP contribution is -2.15. The minimum absolute atomic E-state index is 0.203. The Bertz CT molecular complexity index is 375. The smallest absolute Gasteiger partial charge is 0.171 e. The van der Waals surface area contributed by atoms with E-state index in [-0.39, 0.29) is 11.0 Å². The topological polar surface area (TPSA) is 0 Å². The Morgan fingerprint density at radius 1 is 1.06 bits per heavy atom. The van der Waals surface area contributed by atoms with Crippen molar-refractivity contribution in [2.24, 2.45) is 0 Å². The maximum atomic E-state index is 12.3. The number of rotatable bonds is 1. The van der Waals surface area contributed by atoms with Gasteiger partial charge in [0.15, 0.2) is 0 Å². The van der Waals surface area contributed by atoms with Gasteiger partial charge in [0.1, 0.15) is 0 Å². The second-order valence-electron chi connectivity index (χ2n) is 4.89. The highest BCUT2D eigenvalue weighted by molar-refractivity contribution is 6.30. The largest absolute Gasteiger partial charge is 0.393 e. The average Bonchev–Trinajstić information content (AvgIpc) is 1.97. The fourth-order valence-corrected chi connectivity index (χ4v) is 1.67. The van der Waals surface area contributed by atoms with Gasteiger partial charge < -0.3 is 0 Å². The number of hydrogen-bond donors (Lipinski definition) is 0.